The van der Waals surface area contributed by atoms with E-state index in [-0.39, 0.29) is 23.5 Å². The summed E-state index contributed by atoms with van der Waals surface area (Å²) in [5.74, 6) is -1.02. The van der Waals surface area contributed by atoms with Gasteiger partial charge in [-0.15, -0.1) is 0 Å². The van der Waals surface area contributed by atoms with Gasteiger partial charge in [-0.1, -0.05) is 11.6 Å². The molecule has 1 unspecified atom stereocenters. The molecule has 19 heavy (non-hydrogen) atoms. The van der Waals surface area contributed by atoms with E-state index >= 15 is 0 Å². The van der Waals surface area contributed by atoms with Gasteiger partial charge in [-0.05, 0) is 18.8 Å². The van der Waals surface area contributed by atoms with E-state index in [9.17, 15) is 13.2 Å². The molecule has 8 heteroatoms. The number of halogens is 4. The van der Waals surface area contributed by atoms with Crippen molar-refractivity contribution in [3.63, 3.8) is 0 Å². The average Bonchev–Trinajstić information content (AvgIpc) is 2.37. The Morgan fingerprint density at radius 3 is 2.79 bits per heavy atom. The predicted octanol–water partition coefficient (Wildman–Crippen LogP) is 2.36. The Bertz CT molecular complexity index is 455. The molecule has 0 radical (unpaired) electrons. The molecule has 0 spiro atoms. The first-order valence-corrected chi connectivity index (χ1v) is 6.25. The van der Waals surface area contributed by atoms with Gasteiger partial charge in [0.1, 0.15) is 11.0 Å². The molecule has 0 amide bonds. The van der Waals surface area contributed by atoms with Crippen molar-refractivity contribution in [3.8, 4) is 0 Å². The minimum atomic E-state index is -4.62. The predicted molar refractivity (Wildman–Crippen MR) is 64.1 cm³/mol. The molecule has 0 aliphatic carbocycles. The summed E-state index contributed by atoms with van der Waals surface area (Å²) in [6.07, 6.45) is -2.96. The molecule has 1 saturated heterocycles. The van der Waals surface area contributed by atoms with E-state index in [1.807, 2.05) is 0 Å². The van der Waals surface area contributed by atoms with Gasteiger partial charge in [-0.25, -0.2) is 9.97 Å². The van der Waals surface area contributed by atoms with Crippen LogP contribution in [0, 0.1) is 5.92 Å². The Kier molecular flexibility index (Phi) is 4.15. The van der Waals surface area contributed by atoms with Crippen LogP contribution in [0.15, 0.2) is 6.07 Å². The van der Waals surface area contributed by atoms with Crippen LogP contribution in [0.2, 0.25) is 5.15 Å². The lowest BCUT2D eigenvalue weighted by molar-refractivity contribution is -0.144. The SMILES string of the molecule is OCC1CCCN(c2cc(Cl)nc(C(F)(F)F)n2)C1. The normalized spacial score (nSPS) is 20.7. The summed E-state index contributed by atoms with van der Waals surface area (Å²) in [6, 6.07) is 1.32. The minimum Gasteiger partial charge on any atom is -0.396 e. The first-order chi connectivity index (χ1) is 8.90. The number of aliphatic hydroxyl groups excluding tert-OH is 1. The van der Waals surface area contributed by atoms with Gasteiger partial charge in [0.25, 0.3) is 0 Å². The van der Waals surface area contributed by atoms with Crippen molar-refractivity contribution in [2.45, 2.75) is 19.0 Å². The molecule has 0 aromatic carbocycles. The van der Waals surface area contributed by atoms with Crippen LogP contribution in [0.25, 0.3) is 0 Å². The number of nitrogens with zero attached hydrogens (tertiary/aromatic N) is 3. The van der Waals surface area contributed by atoms with Crippen LogP contribution in [0.1, 0.15) is 18.7 Å². The third-order valence-electron chi connectivity index (χ3n) is 3.04. The number of aromatic nitrogens is 2. The number of hydrogen-bond donors (Lipinski definition) is 1. The van der Waals surface area contributed by atoms with Gasteiger partial charge >= 0.3 is 6.18 Å². The van der Waals surface area contributed by atoms with E-state index in [1.165, 1.54) is 6.07 Å². The van der Waals surface area contributed by atoms with Crippen LogP contribution in [-0.2, 0) is 6.18 Å². The monoisotopic (exact) mass is 295 g/mol. The average molecular weight is 296 g/mol. The van der Waals surface area contributed by atoms with Crippen molar-refractivity contribution in [1.29, 1.82) is 0 Å². The Labute approximate surface area is 113 Å². The van der Waals surface area contributed by atoms with Crippen molar-refractivity contribution >= 4 is 17.4 Å². The van der Waals surface area contributed by atoms with Crippen LogP contribution in [0.5, 0.6) is 0 Å². The largest absolute Gasteiger partial charge is 0.451 e. The molecule has 106 valence electrons. The Morgan fingerprint density at radius 2 is 2.16 bits per heavy atom. The second-order valence-electron chi connectivity index (χ2n) is 4.51. The molecular formula is C11H13ClF3N3O. The molecular weight excluding hydrogens is 283 g/mol. The van der Waals surface area contributed by atoms with Crippen molar-refractivity contribution in [2.24, 2.45) is 5.92 Å². The molecule has 2 heterocycles. The van der Waals surface area contributed by atoms with E-state index in [0.717, 1.165) is 12.8 Å². The van der Waals surface area contributed by atoms with Gasteiger partial charge in [0.2, 0.25) is 5.82 Å². The quantitative estimate of drug-likeness (QED) is 0.851. The third kappa shape index (κ3) is 3.48. The highest BCUT2D eigenvalue weighted by Crippen LogP contribution is 2.30. The summed E-state index contributed by atoms with van der Waals surface area (Å²) in [4.78, 5) is 8.41. The van der Waals surface area contributed by atoms with Crippen LogP contribution < -0.4 is 4.90 Å². The zero-order chi connectivity index (χ0) is 14.0. The lowest BCUT2D eigenvalue weighted by atomic mass is 9.99. The van der Waals surface area contributed by atoms with Crippen LogP contribution in [-0.4, -0.2) is 34.8 Å². The number of anilines is 1. The summed E-state index contributed by atoms with van der Waals surface area (Å²) < 4.78 is 37.8. The highest BCUT2D eigenvalue weighted by atomic mass is 35.5. The van der Waals surface area contributed by atoms with Crippen molar-refractivity contribution in [1.82, 2.24) is 9.97 Å². The molecule has 1 fully saturated rings. The van der Waals surface area contributed by atoms with Crippen LogP contribution in [0.4, 0.5) is 19.0 Å². The van der Waals surface area contributed by atoms with E-state index in [4.69, 9.17) is 16.7 Å². The van der Waals surface area contributed by atoms with Gasteiger partial charge in [0.15, 0.2) is 0 Å². The number of piperidine rings is 1. The summed E-state index contributed by atoms with van der Waals surface area (Å²) in [6.45, 7) is 1.09. The highest BCUT2D eigenvalue weighted by Gasteiger charge is 2.36. The maximum atomic E-state index is 12.6. The van der Waals surface area contributed by atoms with Crippen LogP contribution in [0.3, 0.4) is 0 Å². The minimum absolute atomic E-state index is 0.0153. The van der Waals surface area contributed by atoms with Crippen molar-refractivity contribution in [2.75, 3.05) is 24.6 Å². The van der Waals surface area contributed by atoms with E-state index < -0.39 is 12.0 Å². The van der Waals surface area contributed by atoms with Gasteiger partial charge in [0, 0.05) is 25.8 Å². The molecule has 1 aliphatic rings. The van der Waals surface area contributed by atoms with Gasteiger partial charge < -0.3 is 10.0 Å². The zero-order valence-electron chi connectivity index (χ0n) is 9.99. The maximum absolute atomic E-state index is 12.6. The van der Waals surface area contributed by atoms with E-state index in [0.29, 0.717) is 13.1 Å². The number of alkyl halides is 3. The summed E-state index contributed by atoms with van der Waals surface area (Å²) in [5.41, 5.74) is 0. The smallest absolute Gasteiger partial charge is 0.396 e. The zero-order valence-corrected chi connectivity index (χ0v) is 10.7. The fourth-order valence-corrected chi connectivity index (χ4v) is 2.29. The van der Waals surface area contributed by atoms with Crippen molar-refractivity contribution in [3.05, 3.63) is 17.0 Å². The fourth-order valence-electron chi connectivity index (χ4n) is 2.12. The summed E-state index contributed by atoms with van der Waals surface area (Å²) >= 11 is 5.62. The second-order valence-corrected chi connectivity index (χ2v) is 4.89. The standard InChI is InChI=1S/C11H13ClF3N3O/c12-8-4-9(17-10(16-8)11(13,14)15)18-3-1-2-7(5-18)6-19/h4,7,19H,1-3,5-6H2. The van der Waals surface area contributed by atoms with Crippen molar-refractivity contribution < 1.29 is 18.3 Å². The molecule has 4 nitrogen and oxygen atoms in total. The first kappa shape index (κ1) is 14.3. The molecule has 1 aromatic heterocycles. The molecule has 0 bridgehead atoms. The molecule has 1 atom stereocenters. The Morgan fingerprint density at radius 1 is 1.42 bits per heavy atom. The first-order valence-electron chi connectivity index (χ1n) is 5.87. The molecule has 1 aliphatic heterocycles. The topological polar surface area (TPSA) is 49.2 Å². The van der Waals surface area contributed by atoms with Gasteiger partial charge in [-0.2, -0.15) is 13.2 Å². The lowest BCUT2D eigenvalue weighted by Crippen LogP contribution is -2.37. The van der Waals surface area contributed by atoms with Crippen LogP contribution >= 0.6 is 11.6 Å². The summed E-state index contributed by atoms with van der Waals surface area (Å²) in [7, 11) is 0. The van der Waals surface area contributed by atoms with Gasteiger partial charge in [-0.3, -0.25) is 0 Å². The molecule has 1 N–H and O–H groups in total. The van der Waals surface area contributed by atoms with Gasteiger partial charge in [0.05, 0.1) is 0 Å². The number of aliphatic hydroxyl groups is 1. The Hall–Kier alpha value is -1.08. The van der Waals surface area contributed by atoms with E-state index in [2.05, 4.69) is 9.97 Å². The lowest BCUT2D eigenvalue weighted by Gasteiger charge is -2.32. The second kappa shape index (κ2) is 5.50. The highest BCUT2D eigenvalue weighted by molar-refractivity contribution is 6.29. The maximum Gasteiger partial charge on any atom is 0.451 e. The third-order valence-corrected chi connectivity index (χ3v) is 3.23. The number of hydrogen-bond acceptors (Lipinski definition) is 4. The summed E-state index contributed by atoms with van der Waals surface area (Å²) in [5, 5.41) is 8.90. The molecule has 0 saturated carbocycles. The number of rotatable bonds is 2. The molecule has 2 rings (SSSR count). The Balaban J connectivity index is 2.26. The van der Waals surface area contributed by atoms with E-state index in [1.54, 1.807) is 4.90 Å². The fraction of sp³-hybridized carbons (Fsp3) is 0.636. The molecule has 1 aromatic rings.